The largest absolute Gasteiger partial charge is 0.374 e. The smallest absolute Gasteiger partial charge is 0.116 e. The molecule has 41 heavy (non-hydrogen) atoms. The van der Waals surface area contributed by atoms with Crippen LogP contribution in [0.4, 0.5) is 0 Å². The summed E-state index contributed by atoms with van der Waals surface area (Å²) < 4.78 is 32.6. The number of ether oxygens (including phenoxy) is 5. The van der Waals surface area contributed by atoms with Crippen LogP contribution in [0.1, 0.15) is 22.3 Å². The predicted octanol–water partition coefficient (Wildman–Crippen LogP) is 6.91. The minimum absolute atomic E-state index is 0.343. The average Bonchev–Trinajstić information content (AvgIpc) is 3.04. The van der Waals surface area contributed by atoms with Crippen LogP contribution in [-0.2, 0) is 50.1 Å². The first-order valence-electron chi connectivity index (χ1n) is 14.2. The van der Waals surface area contributed by atoms with Gasteiger partial charge in [0.15, 0.2) is 0 Å². The quantitative estimate of drug-likeness (QED) is 0.160. The fraction of sp³-hybridized carbons (Fsp3) is 0.278. The van der Waals surface area contributed by atoms with Crippen LogP contribution in [0.2, 0.25) is 0 Å². The molecule has 0 amide bonds. The maximum Gasteiger partial charge on any atom is 0.116 e. The third-order valence-corrected chi connectivity index (χ3v) is 7.15. The van der Waals surface area contributed by atoms with E-state index in [0.29, 0.717) is 33.0 Å². The number of hydrogen-bond acceptors (Lipinski definition) is 5. The molecule has 4 aromatic rings. The summed E-state index contributed by atoms with van der Waals surface area (Å²) in [6, 6.07) is 40.5. The summed E-state index contributed by atoms with van der Waals surface area (Å²) in [5, 5.41) is 0. The van der Waals surface area contributed by atoms with Gasteiger partial charge in [0.2, 0.25) is 0 Å². The second kappa shape index (κ2) is 15.4. The molecule has 5 atom stereocenters. The van der Waals surface area contributed by atoms with Gasteiger partial charge >= 0.3 is 0 Å². The molecule has 0 saturated carbocycles. The summed E-state index contributed by atoms with van der Waals surface area (Å²) in [5.41, 5.74) is 4.33. The minimum Gasteiger partial charge on any atom is -0.374 e. The van der Waals surface area contributed by atoms with Crippen molar-refractivity contribution in [2.75, 3.05) is 6.61 Å². The Kier molecular flexibility index (Phi) is 10.9. The molecule has 1 aliphatic heterocycles. The van der Waals surface area contributed by atoms with E-state index < -0.39 is 24.4 Å². The summed E-state index contributed by atoms with van der Waals surface area (Å²) in [6.07, 6.45) is -0.283. The first-order chi connectivity index (χ1) is 20.3. The molecule has 0 aliphatic carbocycles. The van der Waals surface area contributed by atoms with E-state index in [0.717, 1.165) is 22.3 Å². The zero-order valence-corrected chi connectivity index (χ0v) is 23.3. The SMILES string of the molecule is C=C[C@H]1O[C@H](COCc2ccccc2)[C@@H](OCc2ccccc2)[C@H](OCc2ccccc2)[C@@H]1OCc1ccccc1. The van der Waals surface area contributed by atoms with E-state index in [-0.39, 0.29) is 6.10 Å². The fourth-order valence-corrected chi connectivity index (χ4v) is 5.01. The molecule has 212 valence electrons. The molecule has 5 heteroatoms. The minimum atomic E-state index is -0.438. The van der Waals surface area contributed by atoms with Crippen LogP contribution >= 0.6 is 0 Å². The van der Waals surface area contributed by atoms with Gasteiger partial charge in [-0.25, -0.2) is 0 Å². The maximum atomic E-state index is 6.66. The number of rotatable bonds is 14. The molecule has 1 fully saturated rings. The van der Waals surface area contributed by atoms with Gasteiger partial charge < -0.3 is 23.7 Å². The van der Waals surface area contributed by atoms with Crippen LogP contribution in [0.3, 0.4) is 0 Å². The van der Waals surface area contributed by atoms with Crippen molar-refractivity contribution in [1.82, 2.24) is 0 Å². The van der Waals surface area contributed by atoms with Crippen molar-refractivity contribution >= 4 is 0 Å². The topological polar surface area (TPSA) is 46.2 Å². The Labute approximate surface area is 243 Å². The molecule has 0 aromatic heterocycles. The Morgan fingerprint density at radius 1 is 0.512 bits per heavy atom. The van der Waals surface area contributed by atoms with Gasteiger partial charge in [-0.3, -0.25) is 0 Å². The molecule has 1 saturated heterocycles. The zero-order chi connectivity index (χ0) is 28.1. The number of hydrogen-bond donors (Lipinski definition) is 0. The highest BCUT2D eigenvalue weighted by molar-refractivity contribution is 5.17. The Balaban J connectivity index is 1.39. The van der Waals surface area contributed by atoms with Crippen LogP contribution in [0.25, 0.3) is 0 Å². The summed E-state index contributed by atoms with van der Waals surface area (Å²) in [4.78, 5) is 0. The lowest BCUT2D eigenvalue weighted by Crippen LogP contribution is -2.60. The molecule has 0 bridgehead atoms. The normalized spacial score (nSPS) is 22.3. The van der Waals surface area contributed by atoms with Crippen molar-refractivity contribution in [3.63, 3.8) is 0 Å². The monoisotopic (exact) mass is 550 g/mol. The molecule has 1 aliphatic rings. The van der Waals surface area contributed by atoms with Gasteiger partial charge in [0.25, 0.3) is 0 Å². The summed E-state index contributed by atoms with van der Waals surface area (Å²) in [5.74, 6) is 0. The van der Waals surface area contributed by atoms with Crippen LogP contribution in [-0.4, -0.2) is 37.1 Å². The van der Waals surface area contributed by atoms with Gasteiger partial charge in [-0.1, -0.05) is 127 Å². The summed E-state index contributed by atoms with van der Waals surface area (Å²) in [6.45, 7) is 6.16. The second-order valence-electron chi connectivity index (χ2n) is 10.2. The lowest BCUT2D eigenvalue weighted by Gasteiger charge is -2.45. The van der Waals surface area contributed by atoms with E-state index in [1.165, 1.54) is 0 Å². The van der Waals surface area contributed by atoms with E-state index in [1.54, 1.807) is 6.08 Å². The van der Waals surface area contributed by atoms with Crippen molar-refractivity contribution in [2.24, 2.45) is 0 Å². The Morgan fingerprint density at radius 2 is 0.902 bits per heavy atom. The van der Waals surface area contributed by atoms with Gasteiger partial charge in [-0.2, -0.15) is 0 Å². The molecule has 0 radical (unpaired) electrons. The fourth-order valence-electron chi connectivity index (χ4n) is 5.01. The third kappa shape index (κ3) is 8.46. The van der Waals surface area contributed by atoms with Crippen molar-refractivity contribution in [2.45, 2.75) is 56.9 Å². The molecule has 0 N–H and O–H groups in total. The van der Waals surface area contributed by atoms with E-state index in [9.17, 15) is 0 Å². The van der Waals surface area contributed by atoms with Crippen LogP contribution in [0, 0.1) is 0 Å². The zero-order valence-electron chi connectivity index (χ0n) is 23.3. The Morgan fingerprint density at radius 3 is 1.34 bits per heavy atom. The molecule has 5 rings (SSSR count). The van der Waals surface area contributed by atoms with Gasteiger partial charge in [-0.15, -0.1) is 6.58 Å². The van der Waals surface area contributed by atoms with E-state index in [1.807, 2.05) is 72.8 Å². The number of benzene rings is 4. The van der Waals surface area contributed by atoms with Crippen molar-refractivity contribution in [1.29, 1.82) is 0 Å². The Bertz CT molecular complexity index is 1280. The second-order valence-corrected chi connectivity index (χ2v) is 10.2. The van der Waals surface area contributed by atoms with Gasteiger partial charge in [0, 0.05) is 0 Å². The van der Waals surface area contributed by atoms with Crippen LogP contribution in [0.5, 0.6) is 0 Å². The highest BCUT2D eigenvalue weighted by Crippen LogP contribution is 2.31. The van der Waals surface area contributed by atoms with Gasteiger partial charge in [0.05, 0.1) is 33.0 Å². The highest BCUT2D eigenvalue weighted by atomic mass is 16.6. The van der Waals surface area contributed by atoms with Gasteiger partial charge in [-0.05, 0) is 22.3 Å². The van der Waals surface area contributed by atoms with Crippen molar-refractivity contribution in [3.8, 4) is 0 Å². The molecule has 1 heterocycles. The van der Waals surface area contributed by atoms with Crippen molar-refractivity contribution < 1.29 is 23.7 Å². The first-order valence-corrected chi connectivity index (χ1v) is 14.2. The Hall–Kier alpha value is -3.58. The summed E-state index contributed by atoms with van der Waals surface area (Å²) >= 11 is 0. The third-order valence-electron chi connectivity index (χ3n) is 7.15. The average molecular weight is 551 g/mol. The predicted molar refractivity (Wildman–Crippen MR) is 160 cm³/mol. The molecule has 5 nitrogen and oxygen atoms in total. The molecular weight excluding hydrogens is 512 g/mol. The molecule has 4 aromatic carbocycles. The summed E-state index contributed by atoms with van der Waals surface area (Å²) in [7, 11) is 0. The lowest BCUT2D eigenvalue weighted by molar-refractivity contribution is -0.263. The van der Waals surface area contributed by atoms with Crippen LogP contribution < -0.4 is 0 Å². The van der Waals surface area contributed by atoms with Crippen LogP contribution in [0.15, 0.2) is 134 Å². The van der Waals surface area contributed by atoms with E-state index in [2.05, 4.69) is 55.1 Å². The molecular formula is C36H38O5. The standard InChI is InChI=1S/C36H38O5/c1-2-32-34(38-24-29-17-9-4-10-18-29)36(40-26-31-21-13-6-14-22-31)35(39-25-30-19-11-5-12-20-30)33(41-32)27-37-23-28-15-7-3-8-16-28/h2-22,32-36H,1,23-27H2/t32-,33-,34-,35-,36-/m1/s1. The highest BCUT2D eigenvalue weighted by Gasteiger charge is 2.47. The first kappa shape index (κ1) is 28.9. The van der Waals surface area contributed by atoms with E-state index >= 15 is 0 Å². The van der Waals surface area contributed by atoms with Crippen molar-refractivity contribution in [3.05, 3.63) is 156 Å². The van der Waals surface area contributed by atoms with E-state index in [4.69, 9.17) is 23.7 Å². The maximum absolute atomic E-state index is 6.66. The lowest BCUT2D eigenvalue weighted by atomic mass is 9.94. The van der Waals surface area contributed by atoms with Gasteiger partial charge in [0.1, 0.15) is 30.5 Å². The molecule has 0 spiro atoms. The molecule has 0 unspecified atom stereocenters.